The quantitative estimate of drug-likeness (QED) is 0.684. The molecule has 2 N–H and O–H groups in total. The van der Waals surface area contributed by atoms with Crippen LogP contribution in [0.3, 0.4) is 0 Å². The molecule has 3 aromatic rings. The topological polar surface area (TPSA) is 73.4 Å². The summed E-state index contributed by atoms with van der Waals surface area (Å²) in [6, 6.07) is 10.4. The monoisotopic (exact) mass is 396 g/mol. The number of aromatic nitrogens is 1. The molecule has 1 unspecified atom stereocenters. The molecule has 0 saturated carbocycles. The van der Waals surface area contributed by atoms with Crippen molar-refractivity contribution in [2.24, 2.45) is 0 Å². The molecule has 0 radical (unpaired) electrons. The summed E-state index contributed by atoms with van der Waals surface area (Å²) in [5, 5.41) is 10.7. The number of hydrogen-bond donors (Lipinski definition) is 2. The third-order valence-corrected chi connectivity index (χ3v) is 5.28. The molecule has 0 aliphatic carbocycles. The molecule has 148 valence electrons. The van der Waals surface area contributed by atoms with Crippen molar-refractivity contribution in [1.29, 1.82) is 0 Å². The molecule has 5 nitrogen and oxygen atoms in total. The first-order valence-electron chi connectivity index (χ1n) is 9.22. The van der Waals surface area contributed by atoms with Crippen molar-refractivity contribution in [2.45, 2.75) is 19.3 Å². The number of carboxylic acid groups (broad SMARTS) is 1. The minimum Gasteiger partial charge on any atom is -0.478 e. The van der Waals surface area contributed by atoms with E-state index in [1.807, 2.05) is 31.2 Å². The molecule has 29 heavy (non-hydrogen) atoms. The number of amides is 1. The van der Waals surface area contributed by atoms with Crippen LogP contribution in [-0.4, -0.2) is 33.4 Å². The number of carboxylic acids is 1. The van der Waals surface area contributed by atoms with Gasteiger partial charge in [-0.2, -0.15) is 0 Å². The lowest BCUT2D eigenvalue weighted by Crippen LogP contribution is -2.30. The van der Waals surface area contributed by atoms with Crippen LogP contribution in [0.2, 0.25) is 0 Å². The summed E-state index contributed by atoms with van der Waals surface area (Å²) in [4.78, 5) is 29.4. The Labute approximate surface area is 165 Å². The Bertz CT molecular complexity index is 1170. The second-order valence-electron chi connectivity index (χ2n) is 7.00. The highest BCUT2D eigenvalue weighted by Crippen LogP contribution is 2.38. The molecule has 7 heteroatoms. The maximum atomic E-state index is 13.6. The van der Waals surface area contributed by atoms with E-state index in [1.54, 1.807) is 0 Å². The number of carbonyl (C=O) groups is 2. The van der Waals surface area contributed by atoms with E-state index in [2.05, 4.69) is 4.98 Å². The molecule has 2 aromatic carbocycles. The average Bonchev–Trinajstić information content (AvgIpc) is 3.00. The smallest absolute Gasteiger partial charge is 0.339 e. The summed E-state index contributed by atoms with van der Waals surface area (Å²) >= 11 is 0. The molecule has 1 aliphatic heterocycles. The first-order valence-corrected chi connectivity index (χ1v) is 9.22. The lowest BCUT2D eigenvalue weighted by atomic mass is 9.92. The van der Waals surface area contributed by atoms with E-state index in [9.17, 15) is 23.5 Å². The number of nitrogens with one attached hydrogen (secondary N) is 1. The van der Waals surface area contributed by atoms with Gasteiger partial charge in [0.15, 0.2) is 11.6 Å². The van der Waals surface area contributed by atoms with Crippen LogP contribution >= 0.6 is 0 Å². The van der Waals surface area contributed by atoms with Crippen molar-refractivity contribution in [3.8, 4) is 0 Å². The second-order valence-corrected chi connectivity index (χ2v) is 7.00. The van der Waals surface area contributed by atoms with Gasteiger partial charge in [0, 0.05) is 35.1 Å². The zero-order chi connectivity index (χ0) is 20.7. The Hall–Kier alpha value is -3.48. The number of H-pyrrole nitrogens is 1. The SMILES string of the molecule is CCC1CN(C(=O)c2ccc(F)c(F)c2)C=C(C(=O)O)c2[nH]c3ccccc3c21. The third-order valence-electron chi connectivity index (χ3n) is 5.28. The molecular formula is C22H18F2N2O3. The highest BCUT2D eigenvalue weighted by atomic mass is 19.2. The van der Waals surface area contributed by atoms with Gasteiger partial charge in [0.05, 0.1) is 11.3 Å². The molecule has 4 rings (SSSR count). The fourth-order valence-electron chi connectivity index (χ4n) is 3.83. The van der Waals surface area contributed by atoms with Gasteiger partial charge >= 0.3 is 5.97 Å². The highest BCUT2D eigenvalue weighted by molar-refractivity contribution is 6.17. The predicted octanol–water partition coefficient (Wildman–Crippen LogP) is 4.52. The minimum absolute atomic E-state index is 0.0461. The molecule has 1 atom stereocenters. The number of aromatic amines is 1. The predicted molar refractivity (Wildman–Crippen MR) is 104 cm³/mol. The molecule has 1 amide bonds. The van der Waals surface area contributed by atoms with Crippen LogP contribution in [0.5, 0.6) is 0 Å². The molecule has 0 bridgehead atoms. The van der Waals surface area contributed by atoms with Crippen LogP contribution in [0, 0.1) is 11.6 Å². The van der Waals surface area contributed by atoms with Crippen molar-refractivity contribution in [3.63, 3.8) is 0 Å². The van der Waals surface area contributed by atoms with Crippen molar-refractivity contribution in [1.82, 2.24) is 9.88 Å². The van der Waals surface area contributed by atoms with E-state index in [-0.39, 0.29) is 23.6 Å². The van der Waals surface area contributed by atoms with E-state index in [0.717, 1.165) is 28.6 Å². The van der Waals surface area contributed by atoms with Crippen LogP contribution in [0.15, 0.2) is 48.7 Å². The summed E-state index contributed by atoms with van der Waals surface area (Å²) < 4.78 is 26.9. The summed E-state index contributed by atoms with van der Waals surface area (Å²) in [5.41, 5.74) is 2.03. The number of halogens is 2. The number of para-hydroxylation sites is 1. The van der Waals surface area contributed by atoms with Crippen molar-refractivity contribution < 1.29 is 23.5 Å². The first-order chi connectivity index (χ1) is 13.9. The number of aliphatic carboxylic acids is 1. The number of nitrogens with zero attached hydrogens (tertiary/aromatic N) is 1. The molecule has 0 saturated heterocycles. The van der Waals surface area contributed by atoms with Crippen LogP contribution in [0.1, 0.15) is 40.9 Å². The number of carbonyl (C=O) groups excluding carboxylic acids is 1. The first kappa shape index (κ1) is 18.9. The Morgan fingerprint density at radius 1 is 1.17 bits per heavy atom. The fourth-order valence-corrected chi connectivity index (χ4v) is 3.83. The van der Waals surface area contributed by atoms with E-state index in [0.29, 0.717) is 12.1 Å². The lowest BCUT2D eigenvalue weighted by molar-refractivity contribution is -0.130. The lowest BCUT2D eigenvalue weighted by Gasteiger charge is -2.23. The Kier molecular flexibility index (Phi) is 4.66. The molecular weight excluding hydrogens is 378 g/mol. The summed E-state index contributed by atoms with van der Waals surface area (Å²) in [6.07, 6.45) is 1.94. The Balaban J connectivity index is 1.85. The van der Waals surface area contributed by atoms with Gasteiger partial charge in [-0.25, -0.2) is 13.6 Å². The van der Waals surface area contributed by atoms with Gasteiger partial charge in [-0.1, -0.05) is 25.1 Å². The van der Waals surface area contributed by atoms with E-state index >= 15 is 0 Å². The zero-order valence-corrected chi connectivity index (χ0v) is 15.6. The average molecular weight is 396 g/mol. The molecule has 1 aliphatic rings. The second kappa shape index (κ2) is 7.16. The van der Waals surface area contributed by atoms with Gasteiger partial charge in [0.2, 0.25) is 0 Å². The van der Waals surface area contributed by atoms with Gasteiger partial charge in [-0.15, -0.1) is 0 Å². The van der Waals surface area contributed by atoms with Crippen LogP contribution in [0.4, 0.5) is 8.78 Å². The largest absolute Gasteiger partial charge is 0.478 e. The number of benzene rings is 2. The molecule has 0 spiro atoms. The Morgan fingerprint density at radius 2 is 1.93 bits per heavy atom. The van der Waals surface area contributed by atoms with Crippen molar-refractivity contribution in [2.75, 3.05) is 6.54 Å². The highest BCUT2D eigenvalue weighted by Gasteiger charge is 2.31. The van der Waals surface area contributed by atoms with Gasteiger partial charge in [0.1, 0.15) is 0 Å². The van der Waals surface area contributed by atoms with Crippen molar-refractivity contribution in [3.05, 3.63) is 77.1 Å². The van der Waals surface area contributed by atoms with Crippen LogP contribution < -0.4 is 0 Å². The molecule has 0 fully saturated rings. The summed E-state index contributed by atoms with van der Waals surface area (Å²) in [6.45, 7) is 2.18. The van der Waals surface area contributed by atoms with Crippen LogP contribution in [0.25, 0.3) is 16.5 Å². The maximum absolute atomic E-state index is 13.6. The van der Waals surface area contributed by atoms with E-state index in [4.69, 9.17) is 0 Å². The molecule has 1 aromatic heterocycles. The number of rotatable bonds is 3. The Morgan fingerprint density at radius 3 is 2.62 bits per heavy atom. The normalized spacial score (nSPS) is 16.3. The maximum Gasteiger partial charge on any atom is 0.339 e. The number of fused-ring (bicyclic) bond motifs is 3. The van der Waals surface area contributed by atoms with Gasteiger partial charge in [-0.05, 0) is 36.2 Å². The van der Waals surface area contributed by atoms with E-state index < -0.39 is 23.5 Å². The van der Waals surface area contributed by atoms with Crippen LogP contribution in [-0.2, 0) is 4.79 Å². The minimum atomic E-state index is -1.18. The van der Waals surface area contributed by atoms with Gasteiger partial charge in [-0.3, -0.25) is 4.79 Å². The van der Waals surface area contributed by atoms with Gasteiger partial charge in [0.25, 0.3) is 5.91 Å². The fraction of sp³-hybridized carbons (Fsp3) is 0.182. The van der Waals surface area contributed by atoms with E-state index in [1.165, 1.54) is 17.2 Å². The summed E-state index contributed by atoms with van der Waals surface area (Å²) in [7, 11) is 0. The summed E-state index contributed by atoms with van der Waals surface area (Å²) in [5.74, 6) is -4.08. The van der Waals surface area contributed by atoms with Crippen molar-refractivity contribution >= 4 is 28.4 Å². The molecule has 2 heterocycles. The third kappa shape index (κ3) is 3.18. The van der Waals surface area contributed by atoms with Gasteiger partial charge < -0.3 is 15.0 Å². The number of hydrogen-bond acceptors (Lipinski definition) is 2. The zero-order valence-electron chi connectivity index (χ0n) is 15.6. The standard InChI is InChI=1S/C22H18F2N2O3/c1-2-12-10-26(21(27)13-7-8-16(23)17(24)9-13)11-15(22(28)29)20-19(12)14-5-3-4-6-18(14)25-20/h3-9,11-12,25H,2,10H2,1H3,(H,28,29).